The number of nitrogens with zero attached hydrogens (tertiary/aromatic N) is 2. The molecule has 1 amide bonds. The summed E-state index contributed by atoms with van der Waals surface area (Å²) in [4.78, 5) is 12.6. The van der Waals surface area contributed by atoms with Crippen molar-refractivity contribution in [3.8, 4) is 0 Å². The van der Waals surface area contributed by atoms with Gasteiger partial charge in [0.1, 0.15) is 0 Å². The lowest BCUT2D eigenvalue weighted by molar-refractivity contribution is 0.0991. The van der Waals surface area contributed by atoms with Gasteiger partial charge in [0.15, 0.2) is 10.1 Å². The van der Waals surface area contributed by atoms with E-state index in [1.165, 1.54) is 47.4 Å². The average molecular weight is 506 g/mol. The Labute approximate surface area is 197 Å². The molecule has 2 heterocycles. The van der Waals surface area contributed by atoms with Gasteiger partial charge in [-0.1, -0.05) is 70.6 Å². The number of hydrogen-bond donors (Lipinski definition) is 1. The van der Waals surface area contributed by atoms with Crippen molar-refractivity contribution in [1.29, 1.82) is 0 Å². The Morgan fingerprint density at radius 1 is 1.09 bits per heavy atom. The molecule has 2 aromatic carbocycles. The van der Waals surface area contributed by atoms with Gasteiger partial charge in [0.2, 0.25) is 20.1 Å². The van der Waals surface area contributed by atoms with Crippen LogP contribution in [0.4, 0.5) is 5.13 Å². The number of sulfone groups is 1. The van der Waals surface area contributed by atoms with Crippen molar-refractivity contribution in [2.45, 2.75) is 27.0 Å². The number of benzene rings is 2. The fraction of sp³-hybridized carbons (Fsp3) is 0.0952. The molecule has 4 aromatic rings. The largest absolute Gasteiger partial charge is 0.439 e. The summed E-state index contributed by atoms with van der Waals surface area (Å²) >= 11 is 8.80. The summed E-state index contributed by atoms with van der Waals surface area (Å²) in [5, 5.41) is 11.2. The highest BCUT2D eigenvalue weighted by Gasteiger charge is 2.24. The van der Waals surface area contributed by atoms with Crippen LogP contribution in [-0.2, 0) is 15.6 Å². The van der Waals surface area contributed by atoms with Crippen LogP contribution in [0.3, 0.4) is 0 Å². The summed E-state index contributed by atoms with van der Waals surface area (Å²) in [6.45, 7) is 1.86. The number of rotatable bonds is 7. The van der Waals surface area contributed by atoms with Crippen LogP contribution in [0.5, 0.6) is 0 Å². The number of hydrogen-bond acceptors (Lipinski definition) is 8. The summed E-state index contributed by atoms with van der Waals surface area (Å²) in [7, 11) is -3.86. The topological polar surface area (TPSA) is 102 Å². The zero-order valence-electron chi connectivity index (χ0n) is 16.6. The second kappa shape index (κ2) is 9.45. The number of nitrogens with one attached hydrogen (secondary N) is 1. The van der Waals surface area contributed by atoms with Crippen molar-refractivity contribution in [3.63, 3.8) is 0 Å². The molecule has 164 valence electrons. The van der Waals surface area contributed by atoms with E-state index in [1.54, 1.807) is 12.1 Å². The van der Waals surface area contributed by atoms with Crippen LogP contribution in [0.15, 0.2) is 79.4 Å². The van der Waals surface area contributed by atoms with E-state index in [9.17, 15) is 13.2 Å². The first kappa shape index (κ1) is 22.5. The molecule has 4 rings (SSSR count). The number of aromatic nitrogens is 2. The predicted molar refractivity (Wildman–Crippen MR) is 124 cm³/mol. The first-order valence-corrected chi connectivity index (χ1v) is 12.9. The van der Waals surface area contributed by atoms with E-state index in [0.717, 1.165) is 11.1 Å². The van der Waals surface area contributed by atoms with Crippen LogP contribution in [0.1, 0.15) is 21.7 Å². The first-order chi connectivity index (χ1) is 15.3. The normalized spacial score (nSPS) is 11.4. The van der Waals surface area contributed by atoms with Crippen molar-refractivity contribution < 1.29 is 17.6 Å². The van der Waals surface area contributed by atoms with Crippen molar-refractivity contribution >= 4 is 55.6 Å². The molecule has 0 unspecified atom stereocenters. The summed E-state index contributed by atoms with van der Waals surface area (Å²) in [5.41, 5.74) is 1.91. The van der Waals surface area contributed by atoms with E-state index < -0.39 is 15.7 Å². The number of thioether (sulfide) groups is 1. The highest BCUT2D eigenvalue weighted by atomic mass is 35.5. The minimum atomic E-state index is -3.86. The third-order valence-electron chi connectivity index (χ3n) is 4.34. The second-order valence-electron chi connectivity index (χ2n) is 6.64. The number of aryl methyl sites for hydroxylation is 1. The lowest BCUT2D eigenvalue weighted by Crippen LogP contribution is -2.10. The standard InChI is InChI=1S/C21H16ClN3O4S3/c1-13-6-8-15(9-7-13)32(27,28)18-11-10-17(29-18)19(26)23-20-24-25-21(31-20)30-12-14-4-2-3-5-16(14)22/h2-11H,12H2,1H3,(H,23,24,26). The fourth-order valence-electron chi connectivity index (χ4n) is 2.65. The second-order valence-corrected chi connectivity index (χ2v) is 11.1. The van der Waals surface area contributed by atoms with Gasteiger partial charge in [-0.25, -0.2) is 8.42 Å². The van der Waals surface area contributed by atoms with E-state index in [1.807, 2.05) is 31.2 Å². The van der Waals surface area contributed by atoms with Crippen molar-refractivity contribution in [1.82, 2.24) is 10.2 Å². The molecule has 0 aliphatic rings. The molecular weight excluding hydrogens is 490 g/mol. The summed E-state index contributed by atoms with van der Waals surface area (Å²) in [6.07, 6.45) is 0. The maximum absolute atomic E-state index is 12.7. The molecule has 0 spiro atoms. The van der Waals surface area contributed by atoms with E-state index in [4.69, 9.17) is 16.0 Å². The van der Waals surface area contributed by atoms with Gasteiger partial charge in [-0.05, 0) is 42.8 Å². The fourth-order valence-corrected chi connectivity index (χ4v) is 5.86. The number of amides is 1. The molecule has 0 aliphatic carbocycles. The third-order valence-corrected chi connectivity index (χ3v) is 8.37. The molecule has 0 radical (unpaired) electrons. The lowest BCUT2D eigenvalue weighted by Gasteiger charge is -2.02. The van der Waals surface area contributed by atoms with E-state index in [2.05, 4.69) is 15.5 Å². The van der Waals surface area contributed by atoms with Crippen LogP contribution < -0.4 is 5.32 Å². The van der Waals surface area contributed by atoms with Crippen LogP contribution in [-0.4, -0.2) is 24.5 Å². The molecule has 0 atom stereocenters. The van der Waals surface area contributed by atoms with Gasteiger partial charge in [0, 0.05) is 10.8 Å². The maximum Gasteiger partial charge on any atom is 0.293 e. The average Bonchev–Trinajstić information content (AvgIpc) is 3.44. The highest BCUT2D eigenvalue weighted by molar-refractivity contribution is 8.00. The molecule has 7 nitrogen and oxygen atoms in total. The molecular formula is C21H16ClN3O4S3. The van der Waals surface area contributed by atoms with E-state index >= 15 is 0 Å². The molecule has 0 fully saturated rings. The first-order valence-electron chi connectivity index (χ1n) is 9.25. The minimum absolute atomic E-state index is 0.0914. The Morgan fingerprint density at radius 3 is 2.59 bits per heavy atom. The Bertz CT molecular complexity index is 1360. The van der Waals surface area contributed by atoms with Gasteiger partial charge in [-0.15, -0.1) is 10.2 Å². The van der Waals surface area contributed by atoms with Gasteiger partial charge in [-0.3, -0.25) is 10.1 Å². The third kappa shape index (κ3) is 5.04. The summed E-state index contributed by atoms with van der Waals surface area (Å²) in [6, 6.07) is 16.5. The molecule has 0 bridgehead atoms. The highest BCUT2D eigenvalue weighted by Crippen LogP contribution is 2.31. The molecule has 1 N–H and O–H groups in total. The van der Waals surface area contributed by atoms with Gasteiger partial charge in [0.25, 0.3) is 5.91 Å². The summed E-state index contributed by atoms with van der Waals surface area (Å²) < 4.78 is 31.4. The zero-order chi connectivity index (χ0) is 22.7. The lowest BCUT2D eigenvalue weighted by atomic mass is 10.2. The predicted octanol–water partition coefficient (Wildman–Crippen LogP) is 5.47. The van der Waals surface area contributed by atoms with Gasteiger partial charge < -0.3 is 4.42 Å². The molecule has 0 saturated carbocycles. The Kier molecular flexibility index (Phi) is 6.66. The van der Waals surface area contributed by atoms with Crippen molar-refractivity contribution in [3.05, 3.63) is 82.6 Å². The Balaban J connectivity index is 1.41. The summed E-state index contributed by atoms with van der Waals surface area (Å²) in [5.74, 6) is -0.147. The number of halogens is 1. The zero-order valence-corrected chi connectivity index (χ0v) is 19.8. The maximum atomic E-state index is 12.7. The van der Waals surface area contributed by atoms with Crippen LogP contribution in [0.25, 0.3) is 0 Å². The quantitative estimate of drug-likeness (QED) is 0.262. The van der Waals surface area contributed by atoms with Crippen LogP contribution >= 0.6 is 34.7 Å². The molecule has 0 saturated heterocycles. The van der Waals surface area contributed by atoms with Gasteiger partial charge in [0.05, 0.1) is 4.90 Å². The number of anilines is 1. The smallest absolute Gasteiger partial charge is 0.293 e. The number of carbonyl (C=O) groups is 1. The van der Waals surface area contributed by atoms with Gasteiger partial charge in [-0.2, -0.15) is 0 Å². The Hall–Kier alpha value is -2.66. The van der Waals surface area contributed by atoms with Crippen molar-refractivity contribution in [2.75, 3.05) is 5.32 Å². The van der Waals surface area contributed by atoms with Gasteiger partial charge >= 0.3 is 0 Å². The molecule has 2 aromatic heterocycles. The molecule has 0 aliphatic heterocycles. The Morgan fingerprint density at radius 2 is 1.84 bits per heavy atom. The minimum Gasteiger partial charge on any atom is -0.439 e. The number of furan rings is 1. The van der Waals surface area contributed by atoms with E-state index in [-0.39, 0.29) is 20.9 Å². The molecule has 11 heteroatoms. The number of carbonyl (C=O) groups excluding carboxylic acids is 1. The van der Waals surface area contributed by atoms with Crippen LogP contribution in [0, 0.1) is 6.92 Å². The SMILES string of the molecule is Cc1ccc(S(=O)(=O)c2ccc(C(=O)Nc3nnc(SCc4ccccc4Cl)s3)o2)cc1. The van der Waals surface area contributed by atoms with Crippen molar-refractivity contribution in [2.24, 2.45) is 0 Å². The van der Waals surface area contributed by atoms with Crippen LogP contribution in [0.2, 0.25) is 5.02 Å². The molecule has 32 heavy (non-hydrogen) atoms. The van der Waals surface area contributed by atoms with E-state index in [0.29, 0.717) is 15.1 Å². The monoisotopic (exact) mass is 505 g/mol.